The highest BCUT2D eigenvalue weighted by Crippen LogP contribution is 2.11. The molecule has 0 saturated heterocycles. The van der Waals surface area contributed by atoms with Gasteiger partial charge in [-0.15, -0.1) is 0 Å². The zero-order valence-electron chi connectivity index (χ0n) is 11.6. The molecule has 0 radical (unpaired) electrons. The molecule has 0 saturated carbocycles. The Kier molecular flexibility index (Phi) is 5.79. The van der Waals surface area contributed by atoms with Crippen molar-refractivity contribution in [3.8, 4) is 0 Å². The van der Waals surface area contributed by atoms with Gasteiger partial charge in [0.25, 0.3) is 0 Å². The average molecular weight is 258 g/mol. The summed E-state index contributed by atoms with van der Waals surface area (Å²) in [6.07, 6.45) is 2.33. The van der Waals surface area contributed by atoms with Gasteiger partial charge >= 0.3 is 0 Å². The van der Waals surface area contributed by atoms with E-state index >= 15 is 0 Å². The summed E-state index contributed by atoms with van der Waals surface area (Å²) >= 11 is 0. The molecule has 0 atom stereocenters. The number of pyridine rings is 1. The van der Waals surface area contributed by atoms with E-state index in [4.69, 9.17) is 4.74 Å². The first-order valence-corrected chi connectivity index (χ1v) is 7.03. The third-order valence-corrected chi connectivity index (χ3v) is 3.03. The largest absolute Gasteiger partial charge is 0.380 e. The van der Waals surface area contributed by atoms with Crippen molar-refractivity contribution in [2.45, 2.75) is 26.3 Å². The Morgan fingerprint density at radius 1 is 1.11 bits per heavy atom. The lowest BCUT2D eigenvalue weighted by Crippen LogP contribution is -2.20. The second-order valence-electron chi connectivity index (χ2n) is 4.64. The molecule has 0 aliphatic rings. The molecule has 0 aliphatic carbocycles. The number of rotatable bonds is 8. The van der Waals surface area contributed by atoms with Gasteiger partial charge in [0.15, 0.2) is 0 Å². The highest BCUT2D eigenvalue weighted by molar-refractivity contribution is 5.78. The zero-order chi connectivity index (χ0) is 13.3. The molecule has 1 aromatic carbocycles. The van der Waals surface area contributed by atoms with Gasteiger partial charge in [-0.3, -0.25) is 4.98 Å². The quantitative estimate of drug-likeness (QED) is 0.739. The fraction of sp³-hybridized carbons (Fsp3) is 0.438. The Balaban J connectivity index is 1.72. The lowest BCUT2D eigenvalue weighted by molar-refractivity contribution is 0.133. The maximum Gasteiger partial charge on any atom is 0.0705 e. The summed E-state index contributed by atoms with van der Waals surface area (Å²) in [5, 5.41) is 4.54. The Morgan fingerprint density at radius 2 is 2.00 bits per heavy atom. The lowest BCUT2D eigenvalue weighted by atomic mass is 10.2. The highest BCUT2D eigenvalue weighted by Gasteiger charge is 1.97. The molecule has 102 valence electrons. The summed E-state index contributed by atoms with van der Waals surface area (Å²) in [6, 6.07) is 12.4. The van der Waals surface area contributed by atoms with E-state index in [9.17, 15) is 0 Å². The summed E-state index contributed by atoms with van der Waals surface area (Å²) in [6.45, 7) is 5.48. The monoisotopic (exact) mass is 258 g/mol. The lowest BCUT2D eigenvalue weighted by Gasteiger charge is -2.06. The Labute approximate surface area is 115 Å². The molecule has 3 nitrogen and oxygen atoms in total. The molecule has 0 aliphatic heterocycles. The topological polar surface area (TPSA) is 34.1 Å². The van der Waals surface area contributed by atoms with Crippen LogP contribution in [0.4, 0.5) is 0 Å². The first-order valence-electron chi connectivity index (χ1n) is 7.03. The number of nitrogens with one attached hydrogen (secondary N) is 1. The van der Waals surface area contributed by atoms with Crippen LogP contribution in [0.25, 0.3) is 10.9 Å². The Morgan fingerprint density at radius 3 is 2.89 bits per heavy atom. The third-order valence-electron chi connectivity index (χ3n) is 3.03. The normalized spacial score (nSPS) is 11.0. The van der Waals surface area contributed by atoms with Crippen molar-refractivity contribution in [1.82, 2.24) is 10.3 Å². The fourth-order valence-corrected chi connectivity index (χ4v) is 1.92. The highest BCUT2D eigenvalue weighted by atomic mass is 16.5. The molecule has 2 rings (SSSR count). The van der Waals surface area contributed by atoms with Crippen molar-refractivity contribution < 1.29 is 4.74 Å². The summed E-state index contributed by atoms with van der Waals surface area (Å²) in [4.78, 5) is 4.62. The number of unbranched alkanes of at least 4 members (excludes halogenated alkanes) is 1. The van der Waals surface area contributed by atoms with Crippen molar-refractivity contribution in [1.29, 1.82) is 0 Å². The second kappa shape index (κ2) is 7.87. The van der Waals surface area contributed by atoms with Crippen LogP contribution in [0.3, 0.4) is 0 Å². The number of hydrogen-bond acceptors (Lipinski definition) is 3. The maximum atomic E-state index is 5.50. The molecular formula is C16H22N2O. The van der Waals surface area contributed by atoms with E-state index in [2.05, 4.69) is 35.4 Å². The van der Waals surface area contributed by atoms with Gasteiger partial charge in [0.05, 0.1) is 17.8 Å². The first kappa shape index (κ1) is 14.0. The van der Waals surface area contributed by atoms with Gasteiger partial charge in [-0.1, -0.05) is 37.6 Å². The SMILES string of the molecule is CCCCOCCNCc1ccc2ccccc2n1. The zero-order valence-corrected chi connectivity index (χ0v) is 11.6. The van der Waals surface area contributed by atoms with Gasteiger partial charge in [-0.25, -0.2) is 0 Å². The molecule has 0 amide bonds. The van der Waals surface area contributed by atoms with Crippen LogP contribution in [-0.4, -0.2) is 24.7 Å². The first-order chi connectivity index (χ1) is 9.40. The van der Waals surface area contributed by atoms with Crippen LogP contribution < -0.4 is 5.32 Å². The van der Waals surface area contributed by atoms with Gasteiger partial charge in [0, 0.05) is 25.1 Å². The van der Waals surface area contributed by atoms with E-state index < -0.39 is 0 Å². The number of para-hydroxylation sites is 1. The summed E-state index contributed by atoms with van der Waals surface area (Å²) < 4.78 is 5.50. The molecular weight excluding hydrogens is 236 g/mol. The van der Waals surface area contributed by atoms with Crippen LogP contribution in [0, 0.1) is 0 Å². The van der Waals surface area contributed by atoms with Gasteiger partial charge < -0.3 is 10.1 Å². The number of aromatic nitrogens is 1. The van der Waals surface area contributed by atoms with Crippen LogP contribution in [0.15, 0.2) is 36.4 Å². The van der Waals surface area contributed by atoms with Gasteiger partial charge in [-0.2, -0.15) is 0 Å². The van der Waals surface area contributed by atoms with Crippen molar-refractivity contribution >= 4 is 10.9 Å². The van der Waals surface area contributed by atoms with E-state index in [-0.39, 0.29) is 0 Å². The van der Waals surface area contributed by atoms with Crippen LogP contribution in [0.2, 0.25) is 0 Å². The maximum absolute atomic E-state index is 5.50. The van der Waals surface area contributed by atoms with Crippen molar-refractivity contribution in [3.63, 3.8) is 0 Å². The summed E-state index contributed by atoms with van der Waals surface area (Å²) in [5.74, 6) is 0. The number of nitrogens with zero attached hydrogens (tertiary/aromatic N) is 1. The van der Waals surface area contributed by atoms with Crippen molar-refractivity contribution in [2.24, 2.45) is 0 Å². The van der Waals surface area contributed by atoms with Gasteiger partial charge in [-0.05, 0) is 18.6 Å². The molecule has 0 spiro atoms. The predicted molar refractivity (Wildman–Crippen MR) is 79.2 cm³/mol. The van der Waals surface area contributed by atoms with E-state index in [0.29, 0.717) is 0 Å². The third kappa shape index (κ3) is 4.62. The van der Waals surface area contributed by atoms with Crippen LogP contribution in [0.5, 0.6) is 0 Å². The second-order valence-corrected chi connectivity index (χ2v) is 4.64. The molecule has 2 aromatic rings. The summed E-state index contributed by atoms with van der Waals surface area (Å²) in [7, 11) is 0. The van der Waals surface area contributed by atoms with Crippen molar-refractivity contribution in [3.05, 3.63) is 42.1 Å². The molecule has 3 heteroatoms. The Bertz CT molecular complexity index is 499. The molecule has 1 heterocycles. The smallest absolute Gasteiger partial charge is 0.0705 e. The molecule has 0 unspecified atom stereocenters. The number of ether oxygens (including phenoxy) is 1. The minimum absolute atomic E-state index is 0.771. The molecule has 1 N–H and O–H groups in total. The molecule has 0 fully saturated rings. The van der Waals surface area contributed by atoms with E-state index in [1.807, 2.05) is 18.2 Å². The summed E-state index contributed by atoms with van der Waals surface area (Å²) in [5.41, 5.74) is 2.13. The number of fused-ring (bicyclic) bond motifs is 1. The van der Waals surface area contributed by atoms with E-state index in [1.165, 1.54) is 11.8 Å². The number of hydrogen-bond donors (Lipinski definition) is 1. The average Bonchev–Trinajstić information content (AvgIpc) is 2.46. The molecule has 1 aromatic heterocycles. The number of benzene rings is 1. The Hall–Kier alpha value is -1.45. The fourth-order valence-electron chi connectivity index (χ4n) is 1.92. The van der Waals surface area contributed by atoms with Crippen molar-refractivity contribution in [2.75, 3.05) is 19.8 Å². The van der Waals surface area contributed by atoms with E-state index in [1.54, 1.807) is 0 Å². The van der Waals surface area contributed by atoms with Crippen LogP contribution in [0.1, 0.15) is 25.5 Å². The van der Waals surface area contributed by atoms with Crippen LogP contribution >= 0.6 is 0 Å². The predicted octanol–water partition coefficient (Wildman–Crippen LogP) is 3.14. The van der Waals surface area contributed by atoms with E-state index in [0.717, 1.165) is 43.9 Å². The standard InChI is InChI=1S/C16H22N2O/c1-2-3-11-19-12-10-17-13-15-9-8-14-6-4-5-7-16(14)18-15/h4-9,17H,2-3,10-13H2,1H3. The van der Waals surface area contributed by atoms with Gasteiger partial charge in [0.1, 0.15) is 0 Å². The minimum atomic E-state index is 0.771. The van der Waals surface area contributed by atoms with Gasteiger partial charge in [0.2, 0.25) is 0 Å². The minimum Gasteiger partial charge on any atom is -0.380 e. The molecule has 0 bridgehead atoms. The van der Waals surface area contributed by atoms with Crippen LogP contribution in [-0.2, 0) is 11.3 Å². The molecule has 19 heavy (non-hydrogen) atoms.